The lowest BCUT2D eigenvalue weighted by atomic mass is 10.3. The number of carbonyl (C=O) groups excluding carboxylic acids is 2. The van der Waals surface area contributed by atoms with Gasteiger partial charge in [0.15, 0.2) is 0 Å². The minimum Gasteiger partial charge on any atom is -0.315 e. The van der Waals surface area contributed by atoms with Gasteiger partial charge in [0.1, 0.15) is 5.82 Å². The summed E-state index contributed by atoms with van der Waals surface area (Å²) in [5, 5.41) is 5.77. The normalized spacial score (nSPS) is 10.5. The van der Waals surface area contributed by atoms with E-state index in [2.05, 4.69) is 31.3 Å². The molecule has 0 unspecified atom stereocenters. The first-order chi connectivity index (χ1) is 10.6. The molecule has 0 saturated heterocycles. The SMILES string of the molecule is O=C(N/N=C/c1cccnc1)C(=O)Nc1ccc(Br)cc1F. The van der Waals surface area contributed by atoms with Crippen LogP contribution in [-0.2, 0) is 9.59 Å². The lowest BCUT2D eigenvalue weighted by Gasteiger charge is -2.05. The van der Waals surface area contributed by atoms with Gasteiger partial charge in [0.25, 0.3) is 0 Å². The second kappa shape index (κ2) is 7.41. The zero-order valence-electron chi connectivity index (χ0n) is 11.1. The third-order valence-electron chi connectivity index (χ3n) is 2.45. The summed E-state index contributed by atoms with van der Waals surface area (Å²) in [5.41, 5.74) is 2.60. The molecule has 0 bridgehead atoms. The van der Waals surface area contributed by atoms with Gasteiger partial charge in [-0.25, -0.2) is 9.82 Å². The van der Waals surface area contributed by atoms with Crippen molar-refractivity contribution in [1.29, 1.82) is 0 Å². The standard InChI is InChI=1S/C14H10BrFN4O2/c15-10-3-4-12(11(16)6-10)19-13(21)14(22)20-18-8-9-2-1-5-17-7-9/h1-8H,(H,19,21)(H,20,22)/b18-8+. The molecule has 0 aliphatic carbocycles. The maximum absolute atomic E-state index is 13.5. The number of hydrogen-bond donors (Lipinski definition) is 2. The van der Waals surface area contributed by atoms with Gasteiger partial charge in [-0.05, 0) is 24.3 Å². The van der Waals surface area contributed by atoms with Crippen LogP contribution in [0.2, 0.25) is 0 Å². The number of anilines is 1. The van der Waals surface area contributed by atoms with Crippen LogP contribution in [0.15, 0.2) is 52.3 Å². The van der Waals surface area contributed by atoms with Crippen LogP contribution in [0.25, 0.3) is 0 Å². The van der Waals surface area contributed by atoms with Gasteiger partial charge < -0.3 is 5.32 Å². The molecule has 6 nitrogen and oxygen atoms in total. The number of carbonyl (C=O) groups is 2. The number of hydrogen-bond acceptors (Lipinski definition) is 4. The highest BCUT2D eigenvalue weighted by Crippen LogP contribution is 2.19. The smallest absolute Gasteiger partial charge is 0.315 e. The zero-order chi connectivity index (χ0) is 15.9. The van der Waals surface area contributed by atoms with E-state index in [-0.39, 0.29) is 5.69 Å². The highest BCUT2D eigenvalue weighted by Gasteiger charge is 2.15. The van der Waals surface area contributed by atoms with E-state index in [4.69, 9.17) is 0 Å². The summed E-state index contributed by atoms with van der Waals surface area (Å²) in [6, 6.07) is 7.47. The van der Waals surface area contributed by atoms with E-state index in [1.54, 1.807) is 18.3 Å². The zero-order valence-corrected chi connectivity index (χ0v) is 12.7. The lowest BCUT2D eigenvalue weighted by molar-refractivity contribution is -0.136. The number of benzene rings is 1. The van der Waals surface area contributed by atoms with E-state index in [9.17, 15) is 14.0 Å². The molecule has 0 fully saturated rings. The molecule has 0 aliphatic heterocycles. The summed E-state index contributed by atoms with van der Waals surface area (Å²) in [4.78, 5) is 27.0. The van der Waals surface area contributed by atoms with Gasteiger partial charge in [-0.1, -0.05) is 22.0 Å². The average molecular weight is 365 g/mol. The number of nitrogens with one attached hydrogen (secondary N) is 2. The molecule has 2 amide bonds. The molecule has 1 heterocycles. The van der Waals surface area contributed by atoms with E-state index in [0.29, 0.717) is 10.0 Å². The second-order valence-corrected chi connectivity index (χ2v) is 4.98. The van der Waals surface area contributed by atoms with Gasteiger partial charge in [0.05, 0.1) is 11.9 Å². The van der Waals surface area contributed by atoms with Gasteiger partial charge in [-0.3, -0.25) is 14.6 Å². The molecule has 1 aromatic heterocycles. The van der Waals surface area contributed by atoms with Crippen LogP contribution in [0.1, 0.15) is 5.56 Å². The highest BCUT2D eigenvalue weighted by atomic mass is 79.9. The van der Waals surface area contributed by atoms with Crippen molar-refractivity contribution in [1.82, 2.24) is 10.4 Å². The number of halogens is 2. The van der Waals surface area contributed by atoms with Crippen molar-refractivity contribution in [3.8, 4) is 0 Å². The summed E-state index contributed by atoms with van der Waals surface area (Å²) in [7, 11) is 0. The Hall–Kier alpha value is -2.61. The summed E-state index contributed by atoms with van der Waals surface area (Å²) < 4.78 is 14.1. The minimum atomic E-state index is -1.02. The summed E-state index contributed by atoms with van der Waals surface area (Å²) in [6.45, 7) is 0. The van der Waals surface area contributed by atoms with Crippen molar-refractivity contribution in [2.45, 2.75) is 0 Å². The maximum atomic E-state index is 13.5. The fourth-order valence-electron chi connectivity index (χ4n) is 1.44. The number of aromatic nitrogens is 1. The quantitative estimate of drug-likeness (QED) is 0.496. The van der Waals surface area contributed by atoms with Crippen molar-refractivity contribution in [3.63, 3.8) is 0 Å². The number of pyridine rings is 1. The summed E-state index contributed by atoms with van der Waals surface area (Å²) >= 11 is 3.09. The molecule has 2 aromatic rings. The van der Waals surface area contributed by atoms with Crippen molar-refractivity contribution < 1.29 is 14.0 Å². The Morgan fingerprint density at radius 2 is 2.09 bits per heavy atom. The lowest BCUT2D eigenvalue weighted by Crippen LogP contribution is -2.32. The first kappa shape index (κ1) is 15.8. The highest BCUT2D eigenvalue weighted by molar-refractivity contribution is 9.10. The molecule has 0 atom stereocenters. The number of rotatable bonds is 3. The van der Waals surface area contributed by atoms with E-state index in [0.717, 1.165) is 0 Å². The molecule has 0 aliphatic rings. The van der Waals surface area contributed by atoms with Crippen molar-refractivity contribution >= 4 is 39.6 Å². The molecule has 2 rings (SSSR count). The Labute approximate surface area is 133 Å². The van der Waals surface area contributed by atoms with Gasteiger partial charge >= 0.3 is 11.8 Å². The van der Waals surface area contributed by atoms with E-state index >= 15 is 0 Å². The Morgan fingerprint density at radius 1 is 1.27 bits per heavy atom. The molecular weight excluding hydrogens is 355 g/mol. The van der Waals surface area contributed by atoms with Crippen LogP contribution in [0.5, 0.6) is 0 Å². The van der Waals surface area contributed by atoms with E-state index in [1.807, 2.05) is 5.43 Å². The van der Waals surface area contributed by atoms with Crippen LogP contribution in [-0.4, -0.2) is 23.0 Å². The fraction of sp³-hybridized carbons (Fsp3) is 0. The van der Waals surface area contributed by atoms with Crippen LogP contribution in [0, 0.1) is 5.82 Å². The van der Waals surface area contributed by atoms with Crippen molar-refractivity contribution in [2.75, 3.05) is 5.32 Å². The third kappa shape index (κ3) is 4.45. The number of nitrogens with zero attached hydrogens (tertiary/aromatic N) is 2. The van der Waals surface area contributed by atoms with Crippen LogP contribution in [0.4, 0.5) is 10.1 Å². The second-order valence-electron chi connectivity index (χ2n) is 4.06. The largest absolute Gasteiger partial charge is 0.329 e. The van der Waals surface area contributed by atoms with Gasteiger partial charge in [0, 0.05) is 22.4 Å². The maximum Gasteiger partial charge on any atom is 0.329 e. The van der Waals surface area contributed by atoms with Crippen LogP contribution in [0.3, 0.4) is 0 Å². The Balaban J connectivity index is 1.92. The molecule has 0 saturated carbocycles. The van der Waals surface area contributed by atoms with Gasteiger partial charge in [-0.15, -0.1) is 0 Å². The Morgan fingerprint density at radius 3 is 2.77 bits per heavy atom. The molecule has 22 heavy (non-hydrogen) atoms. The van der Waals surface area contributed by atoms with Crippen LogP contribution >= 0.6 is 15.9 Å². The first-order valence-electron chi connectivity index (χ1n) is 6.06. The molecule has 8 heteroatoms. The fourth-order valence-corrected chi connectivity index (χ4v) is 1.77. The molecule has 0 radical (unpaired) electrons. The predicted octanol–water partition coefficient (Wildman–Crippen LogP) is 2.07. The summed E-state index contributed by atoms with van der Waals surface area (Å²) in [6.07, 6.45) is 4.46. The van der Waals surface area contributed by atoms with Gasteiger partial charge in [0.2, 0.25) is 0 Å². The van der Waals surface area contributed by atoms with Crippen LogP contribution < -0.4 is 10.7 Å². The third-order valence-corrected chi connectivity index (χ3v) is 2.94. The molecule has 1 aromatic carbocycles. The summed E-state index contributed by atoms with van der Waals surface area (Å²) in [5.74, 6) is -2.69. The van der Waals surface area contributed by atoms with Gasteiger partial charge in [-0.2, -0.15) is 5.10 Å². The first-order valence-corrected chi connectivity index (χ1v) is 6.85. The molecule has 112 valence electrons. The Kier molecular flexibility index (Phi) is 5.31. The average Bonchev–Trinajstić information content (AvgIpc) is 2.51. The van der Waals surface area contributed by atoms with E-state index < -0.39 is 17.6 Å². The van der Waals surface area contributed by atoms with Crippen molar-refractivity contribution in [3.05, 3.63) is 58.6 Å². The monoisotopic (exact) mass is 364 g/mol. The number of hydrazone groups is 1. The molecule has 0 spiro atoms. The topological polar surface area (TPSA) is 83.5 Å². The van der Waals surface area contributed by atoms with E-state index in [1.165, 1.54) is 30.6 Å². The Bertz CT molecular complexity index is 722. The minimum absolute atomic E-state index is 0.0976. The predicted molar refractivity (Wildman–Crippen MR) is 82.7 cm³/mol. The molecule has 2 N–H and O–H groups in total. The van der Waals surface area contributed by atoms with Crippen molar-refractivity contribution in [2.24, 2.45) is 5.10 Å². The molecular formula is C14H10BrFN4O2. The number of amides is 2.